The van der Waals surface area contributed by atoms with Crippen molar-refractivity contribution < 1.29 is 19.1 Å². The molecule has 1 aromatic heterocycles. The number of benzene rings is 1. The maximum absolute atomic E-state index is 12.8. The first-order valence-corrected chi connectivity index (χ1v) is 14.7. The van der Waals surface area contributed by atoms with E-state index in [1.54, 1.807) is 16.2 Å². The number of hydrogen-bond acceptors (Lipinski definition) is 6. The zero-order valence-corrected chi connectivity index (χ0v) is 24.6. The number of piperidine rings is 2. The highest BCUT2D eigenvalue weighted by Crippen LogP contribution is 2.34. The van der Waals surface area contributed by atoms with Crippen molar-refractivity contribution in [3.05, 3.63) is 34.2 Å². The van der Waals surface area contributed by atoms with Gasteiger partial charge in [0, 0.05) is 19.5 Å². The number of fused-ring (bicyclic) bond motifs is 1. The normalized spacial score (nSPS) is 21.5. The van der Waals surface area contributed by atoms with Gasteiger partial charge in [0.15, 0.2) is 0 Å². The lowest BCUT2D eigenvalue weighted by molar-refractivity contribution is -0.135. The Morgan fingerprint density at radius 2 is 1.62 bits per heavy atom. The number of likely N-dealkylation sites (tertiary alicyclic amines) is 1. The molecule has 1 atom stereocenters. The highest BCUT2D eigenvalue weighted by molar-refractivity contribution is 6.00. The van der Waals surface area contributed by atoms with Gasteiger partial charge in [-0.25, -0.2) is 9.59 Å². The number of carbonyl (C=O) groups is 3. The third kappa shape index (κ3) is 7.33. The first kappa shape index (κ1) is 29.8. The molecule has 5 rings (SSSR count). The highest BCUT2D eigenvalue weighted by Gasteiger charge is 2.31. The first-order chi connectivity index (χ1) is 18.9. The molecule has 2 aromatic rings. The van der Waals surface area contributed by atoms with Crippen LogP contribution in [0.5, 0.6) is 0 Å². The van der Waals surface area contributed by atoms with Crippen molar-refractivity contribution in [2.75, 3.05) is 20.1 Å². The minimum atomic E-state index is -0.616. The van der Waals surface area contributed by atoms with Gasteiger partial charge in [0.1, 0.15) is 11.6 Å². The number of nitrogens with one attached hydrogen (secondary N) is 2. The van der Waals surface area contributed by atoms with Crippen molar-refractivity contribution in [3.8, 4) is 0 Å². The van der Waals surface area contributed by atoms with Crippen LogP contribution in [0, 0.1) is 0 Å². The average Bonchev–Trinajstić information content (AvgIpc) is 3.14. The maximum atomic E-state index is 12.8. The van der Waals surface area contributed by atoms with Crippen LogP contribution in [-0.2, 0) is 21.4 Å². The standard InChI is InChI=1S/C19H23N3O3.C11H22N2O2/c1-21-16-11-13(12-5-3-2-4-6-12)7-8-14(16)22(19(21)25)15-9-10-17(23)20-18(15)24;1-11(2,3)15-10(14)12-9-5-7-13(4)8-6-9/h7-8,11-12,15H,2-6,9-10H2,1H3,(H,20,23,24);9H,5-8H2,1-4H3,(H,12,14). The van der Waals surface area contributed by atoms with Crippen LogP contribution in [0.15, 0.2) is 23.0 Å². The Hall–Kier alpha value is -3.14. The Kier molecular flexibility index (Phi) is 9.38. The molecule has 2 saturated heterocycles. The molecule has 1 aliphatic carbocycles. The second-order valence-corrected chi connectivity index (χ2v) is 12.5. The van der Waals surface area contributed by atoms with E-state index in [4.69, 9.17) is 4.74 Å². The summed E-state index contributed by atoms with van der Waals surface area (Å²) in [5, 5.41) is 5.25. The highest BCUT2D eigenvalue weighted by atomic mass is 16.6. The van der Waals surface area contributed by atoms with Crippen LogP contribution >= 0.6 is 0 Å². The van der Waals surface area contributed by atoms with Gasteiger partial charge in [-0.2, -0.15) is 0 Å². The minimum Gasteiger partial charge on any atom is -0.444 e. The monoisotopic (exact) mass is 555 g/mol. The molecule has 0 bridgehead atoms. The molecule has 1 aromatic carbocycles. The predicted octanol–water partition coefficient (Wildman–Crippen LogP) is 3.97. The molecule has 3 heterocycles. The molecule has 1 saturated carbocycles. The summed E-state index contributed by atoms with van der Waals surface area (Å²) in [6.45, 7) is 7.71. The predicted molar refractivity (Wildman–Crippen MR) is 154 cm³/mol. The van der Waals surface area contributed by atoms with Gasteiger partial charge in [-0.1, -0.05) is 25.3 Å². The number of nitrogens with zero attached hydrogens (tertiary/aromatic N) is 3. The van der Waals surface area contributed by atoms with Crippen LogP contribution in [0.4, 0.5) is 4.79 Å². The van der Waals surface area contributed by atoms with E-state index in [0.717, 1.165) is 37.0 Å². The van der Waals surface area contributed by atoms with Crippen LogP contribution in [0.2, 0.25) is 0 Å². The van der Waals surface area contributed by atoms with Gasteiger partial charge in [-0.3, -0.25) is 24.0 Å². The number of aromatic nitrogens is 2. The molecule has 10 nitrogen and oxygen atoms in total. The number of ether oxygens (including phenoxy) is 1. The van der Waals surface area contributed by atoms with Gasteiger partial charge in [0.2, 0.25) is 11.8 Å². The lowest BCUT2D eigenvalue weighted by atomic mass is 9.84. The summed E-state index contributed by atoms with van der Waals surface area (Å²) in [7, 11) is 3.85. The van der Waals surface area contributed by atoms with Crippen molar-refractivity contribution >= 4 is 28.9 Å². The van der Waals surface area contributed by atoms with Crippen molar-refractivity contribution in [1.29, 1.82) is 0 Å². The Bertz CT molecular complexity index is 1280. The van der Waals surface area contributed by atoms with Crippen molar-refractivity contribution in [1.82, 2.24) is 24.7 Å². The summed E-state index contributed by atoms with van der Waals surface area (Å²) < 4.78 is 8.36. The number of aryl methyl sites for hydroxylation is 1. The molecule has 2 N–H and O–H groups in total. The van der Waals surface area contributed by atoms with Crippen molar-refractivity contribution in [2.45, 2.75) is 102 Å². The quantitative estimate of drug-likeness (QED) is 0.554. The number of amides is 3. The molecule has 3 aliphatic rings. The lowest BCUT2D eigenvalue weighted by Gasteiger charge is -2.30. The Balaban J connectivity index is 0.000000212. The zero-order valence-electron chi connectivity index (χ0n) is 24.6. The fourth-order valence-electron chi connectivity index (χ4n) is 5.93. The van der Waals surface area contributed by atoms with Gasteiger partial charge in [0.05, 0.1) is 11.0 Å². The van der Waals surface area contributed by atoms with Crippen LogP contribution in [0.25, 0.3) is 11.0 Å². The number of hydrogen-bond donors (Lipinski definition) is 2. The van der Waals surface area contributed by atoms with E-state index < -0.39 is 11.6 Å². The molecule has 3 amide bonds. The van der Waals surface area contributed by atoms with E-state index in [2.05, 4.69) is 34.7 Å². The summed E-state index contributed by atoms with van der Waals surface area (Å²) >= 11 is 0. The van der Waals surface area contributed by atoms with Crippen LogP contribution in [0.3, 0.4) is 0 Å². The summed E-state index contributed by atoms with van der Waals surface area (Å²) in [6.07, 6.45) is 8.59. The first-order valence-electron chi connectivity index (χ1n) is 14.7. The second-order valence-electron chi connectivity index (χ2n) is 12.5. The molecule has 0 radical (unpaired) electrons. The third-order valence-electron chi connectivity index (χ3n) is 8.15. The van der Waals surface area contributed by atoms with Crippen molar-refractivity contribution in [2.24, 2.45) is 7.05 Å². The number of imide groups is 1. The molecule has 1 unspecified atom stereocenters. The lowest BCUT2D eigenvalue weighted by Crippen LogP contribution is -2.45. The number of alkyl carbamates (subject to hydrolysis) is 1. The molecule has 0 spiro atoms. The zero-order chi connectivity index (χ0) is 29.0. The number of carbonyl (C=O) groups excluding carboxylic acids is 3. The van der Waals surface area contributed by atoms with E-state index >= 15 is 0 Å². The molecule has 3 fully saturated rings. The molecule has 220 valence electrons. The van der Waals surface area contributed by atoms with Gasteiger partial charge < -0.3 is 15.0 Å². The fourth-order valence-corrected chi connectivity index (χ4v) is 5.93. The largest absolute Gasteiger partial charge is 0.444 e. The third-order valence-corrected chi connectivity index (χ3v) is 8.15. The van der Waals surface area contributed by atoms with Crippen molar-refractivity contribution in [3.63, 3.8) is 0 Å². The van der Waals surface area contributed by atoms with E-state index in [0.29, 0.717) is 12.3 Å². The van der Waals surface area contributed by atoms with Crippen LogP contribution < -0.4 is 16.3 Å². The molecule has 2 aliphatic heterocycles. The van der Waals surface area contributed by atoms with Gasteiger partial charge >= 0.3 is 11.8 Å². The van der Waals surface area contributed by atoms with Gasteiger partial charge in [-0.15, -0.1) is 0 Å². The van der Waals surface area contributed by atoms with E-state index in [-0.39, 0.29) is 36.1 Å². The Labute approximate surface area is 236 Å². The van der Waals surface area contributed by atoms with Gasteiger partial charge in [-0.05, 0) is 96.6 Å². The van der Waals surface area contributed by atoms with Gasteiger partial charge in [0.25, 0.3) is 0 Å². The summed E-state index contributed by atoms with van der Waals surface area (Å²) in [5.74, 6) is -0.0940. The van der Waals surface area contributed by atoms with Crippen LogP contribution in [-0.4, -0.2) is 63.7 Å². The minimum absolute atomic E-state index is 0.203. The Morgan fingerprint density at radius 3 is 2.25 bits per heavy atom. The maximum Gasteiger partial charge on any atom is 0.407 e. The molecular formula is C30H45N5O5. The summed E-state index contributed by atoms with van der Waals surface area (Å²) in [6, 6.07) is 5.82. The smallest absolute Gasteiger partial charge is 0.407 e. The van der Waals surface area contributed by atoms with Crippen LogP contribution in [0.1, 0.15) is 96.1 Å². The topological polar surface area (TPSA) is 115 Å². The molecule has 10 heteroatoms. The van der Waals surface area contributed by atoms with E-state index in [1.807, 2.05) is 26.8 Å². The summed E-state index contributed by atoms with van der Waals surface area (Å²) in [5.41, 5.74) is 2.29. The summed E-state index contributed by atoms with van der Waals surface area (Å²) in [4.78, 5) is 50.1. The van der Waals surface area contributed by atoms with E-state index in [1.165, 1.54) is 37.7 Å². The molecule has 40 heavy (non-hydrogen) atoms. The van der Waals surface area contributed by atoms with E-state index in [9.17, 15) is 19.2 Å². The fraction of sp³-hybridized carbons (Fsp3) is 0.667. The number of imidazole rings is 1. The Morgan fingerprint density at radius 1 is 0.950 bits per heavy atom. The number of rotatable bonds is 3. The second kappa shape index (κ2) is 12.6. The molecular weight excluding hydrogens is 510 g/mol. The average molecular weight is 556 g/mol. The SMILES string of the molecule is CN1CCC(NC(=O)OC(C)(C)C)CC1.Cn1c(=O)n(C2CCC(=O)NC2=O)c2ccc(C3CCCCC3)cc21.